The van der Waals surface area contributed by atoms with Crippen LogP contribution in [0.25, 0.3) is 0 Å². The Bertz CT molecular complexity index is 422. The van der Waals surface area contributed by atoms with E-state index in [4.69, 9.17) is 10.5 Å². The molecular formula is C15H22N2O2. The average Bonchev–Trinajstić information content (AvgIpc) is 2.42. The summed E-state index contributed by atoms with van der Waals surface area (Å²) in [7, 11) is 0. The molecule has 19 heavy (non-hydrogen) atoms. The zero-order valence-electron chi connectivity index (χ0n) is 11.4. The molecule has 1 amide bonds. The first-order valence-electron chi connectivity index (χ1n) is 6.82. The van der Waals surface area contributed by atoms with Gasteiger partial charge in [0.1, 0.15) is 0 Å². The Labute approximate surface area is 114 Å². The van der Waals surface area contributed by atoms with Gasteiger partial charge in [0.25, 0.3) is 0 Å². The van der Waals surface area contributed by atoms with Crippen LogP contribution in [0.15, 0.2) is 24.3 Å². The number of carbonyl (C=O) groups excluding carboxylic acids is 1. The van der Waals surface area contributed by atoms with E-state index in [0.29, 0.717) is 19.8 Å². The van der Waals surface area contributed by atoms with Crippen molar-refractivity contribution in [2.75, 3.05) is 25.1 Å². The monoisotopic (exact) mass is 262 g/mol. The van der Waals surface area contributed by atoms with Crippen LogP contribution in [0, 0.1) is 5.41 Å². The Morgan fingerprint density at radius 3 is 2.53 bits per heavy atom. The molecular weight excluding hydrogens is 240 g/mol. The van der Waals surface area contributed by atoms with Gasteiger partial charge in [0.05, 0.1) is 5.41 Å². The van der Waals surface area contributed by atoms with Crippen molar-refractivity contribution in [1.29, 1.82) is 0 Å². The fourth-order valence-electron chi connectivity index (χ4n) is 2.25. The van der Waals surface area contributed by atoms with Gasteiger partial charge in [-0.05, 0) is 43.5 Å². The van der Waals surface area contributed by atoms with Gasteiger partial charge in [0.15, 0.2) is 0 Å². The number of amides is 1. The van der Waals surface area contributed by atoms with E-state index in [1.165, 1.54) is 5.56 Å². The summed E-state index contributed by atoms with van der Waals surface area (Å²) in [4.78, 5) is 12.3. The summed E-state index contributed by atoms with van der Waals surface area (Å²) in [6, 6.07) is 7.89. The number of rotatable bonds is 4. The minimum atomic E-state index is -0.311. The van der Waals surface area contributed by atoms with Crippen molar-refractivity contribution >= 4 is 11.6 Å². The van der Waals surface area contributed by atoms with E-state index in [1.807, 2.05) is 31.2 Å². The Morgan fingerprint density at radius 2 is 1.95 bits per heavy atom. The lowest BCUT2D eigenvalue weighted by Crippen LogP contribution is -2.38. The lowest BCUT2D eigenvalue weighted by Gasteiger charge is -2.31. The van der Waals surface area contributed by atoms with Crippen molar-refractivity contribution in [2.24, 2.45) is 11.1 Å². The third-order valence-corrected chi connectivity index (χ3v) is 3.79. The van der Waals surface area contributed by atoms with Crippen LogP contribution in [0.3, 0.4) is 0 Å². The predicted octanol–water partition coefficient (Wildman–Crippen LogP) is 1.94. The van der Waals surface area contributed by atoms with Gasteiger partial charge < -0.3 is 15.8 Å². The summed E-state index contributed by atoms with van der Waals surface area (Å²) < 4.78 is 5.32. The summed E-state index contributed by atoms with van der Waals surface area (Å²) in [5.41, 5.74) is 7.24. The average molecular weight is 262 g/mol. The number of nitrogens with two attached hydrogens (primary N) is 1. The highest BCUT2D eigenvalue weighted by molar-refractivity contribution is 5.95. The van der Waals surface area contributed by atoms with Crippen LogP contribution in [0.5, 0.6) is 0 Å². The first-order valence-corrected chi connectivity index (χ1v) is 6.82. The molecule has 1 fully saturated rings. The fraction of sp³-hybridized carbons (Fsp3) is 0.533. The molecule has 2 rings (SSSR count). The lowest BCUT2D eigenvalue weighted by molar-refractivity contribution is -0.129. The number of benzene rings is 1. The molecule has 1 aliphatic rings. The first kappa shape index (κ1) is 14.0. The summed E-state index contributed by atoms with van der Waals surface area (Å²) >= 11 is 0. The van der Waals surface area contributed by atoms with Gasteiger partial charge in [-0.3, -0.25) is 4.79 Å². The Kier molecular flexibility index (Phi) is 4.56. The van der Waals surface area contributed by atoms with Crippen molar-refractivity contribution in [3.05, 3.63) is 29.8 Å². The molecule has 1 aromatic carbocycles. The Hall–Kier alpha value is -1.39. The van der Waals surface area contributed by atoms with E-state index in [9.17, 15) is 4.79 Å². The van der Waals surface area contributed by atoms with E-state index in [2.05, 4.69) is 5.32 Å². The van der Waals surface area contributed by atoms with Crippen LogP contribution in [0.1, 0.15) is 25.3 Å². The maximum atomic E-state index is 12.3. The molecule has 4 heteroatoms. The van der Waals surface area contributed by atoms with E-state index in [0.717, 1.165) is 24.9 Å². The van der Waals surface area contributed by atoms with Crippen molar-refractivity contribution < 1.29 is 9.53 Å². The van der Waals surface area contributed by atoms with Crippen LogP contribution >= 0.6 is 0 Å². The van der Waals surface area contributed by atoms with Gasteiger partial charge in [0, 0.05) is 18.9 Å². The summed E-state index contributed by atoms with van der Waals surface area (Å²) in [6.07, 6.45) is 2.43. The summed E-state index contributed by atoms with van der Waals surface area (Å²) in [5.74, 6) is 0.0855. The molecule has 0 atom stereocenters. The highest BCUT2D eigenvalue weighted by Gasteiger charge is 2.35. The van der Waals surface area contributed by atoms with E-state index in [-0.39, 0.29) is 11.3 Å². The van der Waals surface area contributed by atoms with Crippen LogP contribution < -0.4 is 11.1 Å². The Morgan fingerprint density at radius 1 is 1.32 bits per heavy atom. The predicted molar refractivity (Wildman–Crippen MR) is 76.0 cm³/mol. The highest BCUT2D eigenvalue weighted by atomic mass is 16.5. The molecule has 1 aromatic rings. The van der Waals surface area contributed by atoms with Gasteiger partial charge >= 0.3 is 0 Å². The Balaban J connectivity index is 1.98. The molecule has 0 aliphatic carbocycles. The minimum absolute atomic E-state index is 0.0855. The van der Waals surface area contributed by atoms with Crippen molar-refractivity contribution in [3.8, 4) is 0 Å². The SMILES string of the molecule is CC1(C(=O)Nc2ccc(CCN)cc2)CCOCC1. The smallest absolute Gasteiger partial charge is 0.230 e. The van der Waals surface area contributed by atoms with Crippen LogP contribution in [0.4, 0.5) is 5.69 Å². The van der Waals surface area contributed by atoms with Crippen molar-refractivity contribution in [3.63, 3.8) is 0 Å². The molecule has 0 radical (unpaired) electrons. The van der Waals surface area contributed by atoms with E-state index in [1.54, 1.807) is 0 Å². The van der Waals surface area contributed by atoms with Gasteiger partial charge in [-0.15, -0.1) is 0 Å². The minimum Gasteiger partial charge on any atom is -0.381 e. The molecule has 3 N–H and O–H groups in total. The molecule has 0 bridgehead atoms. The molecule has 1 heterocycles. The molecule has 1 aliphatic heterocycles. The summed E-state index contributed by atoms with van der Waals surface area (Å²) in [5, 5.41) is 3.00. The highest BCUT2D eigenvalue weighted by Crippen LogP contribution is 2.31. The summed E-state index contributed by atoms with van der Waals surface area (Å²) in [6.45, 7) is 3.98. The molecule has 0 saturated carbocycles. The topological polar surface area (TPSA) is 64.4 Å². The molecule has 0 aromatic heterocycles. The second kappa shape index (κ2) is 6.17. The number of carbonyl (C=O) groups is 1. The van der Waals surface area contributed by atoms with Crippen molar-refractivity contribution in [1.82, 2.24) is 0 Å². The van der Waals surface area contributed by atoms with Crippen molar-refractivity contribution in [2.45, 2.75) is 26.2 Å². The van der Waals surface area contributed by atoms with Gasteiger partial charge in [-0.2, -0.15) is 0 Å². The number of nitrogens with one attached hydrogen (secondary N) is 1. The van der Waals surface area contributed by atoms with Gasteiger partial charge in [-0.1, -0.05) is 19.1 Å². The van der Waals surface area contributed by atoms with Gasteiger partial charge in [0.2, 0.25) is 5.91 Å². The zero-order chi connectivity index (χ0) is 13.7. The second-order valence-corrected chi connectivity index (χ2v) is 5.36. The van der Waals surface area contributed by atoms with Crippen LogP contribution in [-0.4, -0.2) is 25.7 Å². The van der Waals surface area contributed by atoms with Gasteiger partial charge in [-0.25, -0.2) is 0 Å². The normalized spacial score (nSPS) is 18.0. The van der Waals surface area contributed by atoms with Crippen LogP contribution in [0.2, 0.25) is 0 Å². The quantitative estimate of drug-likeness (QED) is 0.871. The third-order valence-electron chi connectivity index (χ3n) is 3.79. The molecule has 4 nitrogen and oxygen atoms in total. The van der Waals surface area contributed by atoms with E-state index < -0.39 is 0 Å². The first-order chi connectivity index (χ1) is 9.14. The van der Waals surface area contributed by atoms with E-state index >= 15 is 0 Å². The third kappa shape index (κ3) is 3.55. The molecule has 104 valence electrons. The second-order valence-electron chi connectivity index (χ2n) is 5.36. The maximum Gasteiger partial charge on any atom is 0.230 e. The number of hydrogen-bond donors (Lipinski definition) is 2. The standard InChI is InChI=1S/C15H22N2O2/c1-15(7-10-19-11-8-15)14(18)17-13-4-2-12(3-5-13)6-9-16/h2-5H,6-11,16H2,1H3,(H,17,18). The largest absolute Gasteiger partial charge is 0.381 e. The van der Waals surface area contributed by atoms with Crippen LogP contribution in [-0.2, 0) is 16.0 Å². The number of ether oxygens (including phenoxy) is 1. The number of hydrogen-bond acceptors (Lipinski definition) is 3. The molecule has 0 spiro atoms. The molecule has 1 saturated heterocycles. The zero-order valence-corrected chi connectivity index (χ0v) is 11.4. The fourth-order valence-corrected chi connectivity index (χ4v) is 2.25. The molecule has 0 unspecified atom stereocenters. The number of anilines is 1. The lowest BCUT2D eigenvalue weighted by atomic mass is 9.81. The maximum absolute atomic E-state index is 12.3.